The number of nitrogens with one attached hydrogen (secondary N) is 1. The van der Waals surface area contributed by atoms with Crippen LogP contribution in [-0.2, 0) is 4.74 Å². The van der Waals surface area contributed by atoms with Crippen LogP contribution in [0.4, 0.5) is 16.6 Å². The summed E-state index contributed by atoms with van der Waals surface area (Å²) in [7, 11) is 0. The number of nitrogens with two attached hydrogens (primary N) is 1. The van der Waals surface area contributed by atoms with Crippen molar-refractivity contribution in [3.05, 3.63) is 11.2 Å². The van der Waals surface area contributed by atoms with E-state index in [2.05, 4.69) is 27.1 Å². The molecule has 128 valence electrons. The first-order valence-electron chi connectivity index (χ1n) is 7.70. The molecule has 2 rings (SSSR count). The summed E-state index contributed by atoms with van der Waals surface area (Å²) in [6.45, 7) is 8.37. The maximum absolute atomic E-state index is 11.9. The fraction of sp³-hybridized carbons (Fsp3) is 0.667. The lowest BCUT2D eigenvalue weighted by atomic mass is 9.98. The predicted molar refractivity (Wildman–Crippen MR) is 90.7 cm³/mol. The molecule has 7 nitrogen and oxygen atoms in total. The predicted octanol–water partition coefficient (Wildman–Crippen LogP) is 2.59. The number of alkyl carbamates (subject to hydrolysis) is 1. The summed E-state index contributed by atoms with van der Waals surface area (Å²) in [5.74, 6) is 0.874. The minimum absolute atomic E-state index is 0.0748. The Morgan fingerprint density at radius 2 is 2.17 bits per heavy atom. The Morgan fingerprint density at radius 3 is 2.74 bits per heavy atom. The summed E-state index contributed by atoms with van der Waals surface area (Å²) >= 11 is 5.94. The molecule has 1 saturated heterocycles. The lowest BCUT2D eigenvalue weighted by Crippen LogP contribution is -2.50. The van der Waals surface area contributed by atoms with Crippen LogP contribution < -0.4 is 16.0 Å². The molecule has 0 aliphatic carbocycles. The van der Waals surface area contributed by atoms with Crippen LogP contribution in [0.25, 0.3) is 0 Å². The molecule has 0 aromatic carbocycles. The number of carbonyl (C=O) groups excluding carboxylic acids is 1. The summed E-state index contributed by atoms with van der Waals surface area (Å²) < 4.78 is 5.30. The molecule has 1 amide bonds. The normalized spacial score (nSPS) is 21.9. The van der Waals surface area contributed by atoms with Crippen LogP contribution in [0.2, 0.25) is 5.15 Å². The van der Waals surface area contributed by atoms with Crippen LogP contribution in [0.5, 0.6) is 0 Å². The van der Waals surface area contributed by atoms with Crippen LogP contribution in [0.1, 0.15) is 40.5 Å². The SMILES string of the molecule is CC1CC(NC(=O)OC(C)(C)C)CCN1c1cc(Cl)nc(N)n1. The Morgan fingerprint density at radius 1 is 1.48 bits per heavy atom. The van der Waals surface area contributed by atoms with Gasteiger partial charge in [0.1, 0.15) is 16.6 Å². The quantitative estimate of drug-likeness (QED) is 0.803. The van der Waals surface area contributed by atoms with Gasteiger partial charge in [-0.05, 0) is 40.5 Å². The molecule has 0 saturated carbocycles. The number of piperidine rings is 1. The third kappa shape index (κ3) is 5.13. The number of carbonyl (C=O) groups is 1. The van der Waals surface area contributed by atoms with Gasteiger partial charge < -0.3 is 20.7 Å². The Kier molecular flexibility index (Phi) is 5.19. The monoisotopic (exact) mass is 341 g/mol. The Balaban J connectivity index is 1.96. The van der Waals surface area contributed by atoms with Crippen LogP contribution in [0.3, 0.4) is 0 Å². The molecule has 1 aromatic heterocycles. The van der Waals surface area contributed by atoms with Crippen LogP contribution in [0, 0.1) is 0 Å². The van der Waals surface area contributed by atoms with E-state index in [9.17, 15) is 4.79 Å². The Hall–Kier alpha value is -1.76. The summed E-state index contributed by atoms with van der Waals surface area (Å²) in [5, 5.41) is 3.26. The van der Waals surface area contributed by atoms with E-state index in [0.717, 1.165) is 19.4 Å². The van der Waals surface area contributed by atoms with Crippen molar-refractivity contribution in [2.75, 3.05) is 17.2 Å². The number of rotatable bonds is 2. The van der Waals surface area contributed by atoms with Gasteiger partial charge in [-0.2, -0.15) is 4.98 Å². The number of hydrogen-bond donors (Lipinski definition) is 2. The summed E-state index contributed by atoms with van der Waals surface area (Å²) in [4.78, 5) is 22.1. The molecule has 2 unspecified atom stereocenters. The fourth-order valence-electron chi connectivity index (χ4n) is 2.69. The van der Waals surface area contributed by atoms with Crippen LogP contribution in [0.15, 0.2) is 6.07 Å². The lowest BCUT2D eigenvalue weighted by molar-refractivity contribution is 0.0494. The highest BCUT2D eigenvalue weighted by Gasteiger charge is 2.29. The maximum Gasteiger partial charge on any atom is 0.407 e. The third-order valence-electron chi connectivity index (χ3n) is 3.59. The summed E-state index contributed by atoms with van der Waals surface area (Å²) in [6, 6.07) is 1.97. The van der Waals surface area contributed by atoms with Crippen molar-refractivity contribution in [3.8, 4) is 0 Å². The van der Waals surface area contributed by atoms with Gasteiger partial charge in [0.25, 0.3) is 0 Å². The van der Waals surface area contributed by atoms with Gasteiger partial charge in [-0.25, -0.2) is 9.78 Å². The van der Waals surface area contributed by atoms with Gasteiger partial charge in [-0.15, -0.1) is 0 Å². The van der Waals surface area contributed by atoms with Gasteiger partial charge >= 0.3 is 6.09 Å². The van der Waals surface area contributed by atoms with Crippen molar-refractivity contribution < 1.29 is 9.53 Å². The van der Waals surface area contributed by atoms with Gasteiger partial charge in [-0.1, -0.05) is 11.6 Å². The molecule has 8 heteroatoms. The second-order valence-corrected chi connectivity index (χ2v) is 7.20. The molecule has 2 atom stereocenters. The smallest absolute Gasteiger partial charge is 0.407 e. The molecule has 1 aromatic rings. The number of nitrogens with zero attached hydrogens (tertiary/aromatic N) is 3. The standard InChI is InChI=1S/C15H24ClN5O2/c1-9-7-10(18-14(22)23-15(2,3)4)5-6-21(9)12-8-11(16)19-13(17)20-12/h8-10H,5-7H2,1-4H3,(H,18,22)(H2,17,19,20). The molecule has 0 radical (unpaired) electrons. The van der Waals surface area contributed by atoms with Crippen molar-refractivity contribution in [1.29, 1.82) is 0 Å². The Bertz CT molecular complexity index is 555. The molecule has 0 bridgehead atoms. The zero-order chi connectivity index (χ0) is 17.2. The first-order valence-corrected chi connectivity index (χ1v) is 8.08. The van der Waals surface area contributed by atoms with E-state index in [4.69, 9.17) is 22.1 Å². The van der Waals surface area contributed by atoms with Gasteiger partial charge in [0.15, 0.2) is 0 Å². The van der Waals surface area contributed by atoms with E-state index in [1.165, 1.54) is 0 Å². The first-order chi connectivity index (χ1) is 10.6. The fourth-order valence-corrected chi connectivity index (χ4v) is 2.87. The van der Waals surface area contributed by atoms with Crippen LogP contribution >= 0.6 is 11.6 Å². The number of anilines is 2. The van der Waals surface area contributed by atoms with E-state index < -0.39 is 5.60 Å². The number of ether oxygens (including phenoxy) is 1. The maximum atomic E-state index is 11.9. The van der Waals surface area contributed by atoms with E-state index in [0.29, 0.717) is 11.0 Å². The zero-order valence-electron chi connectivity index (χ0n) is 14.0. The van der Waals surface area contributed by atoms with Gasteiger partial charge in [0.05, 0.1) is 0 Å². The molecular weight excluding hydrogens is 318 g/mol. The van der Waals surface area contributed by atoms with Crippen LogP contribution in [-0.4, -0.2) is 40.3 Å². The van der Waals surface area contributed by atoms with E-state index in [-0.39, 0.29) is 24.1 Å². The van der Waals surface area contributed by atoms with Gasteiger partial charge in [-0.3, -0.25) is 0 Å². The number of aromatic nitrogens is 2. The average Bonchev–Trinajstić information content (AvgIpc) is 2.34. The lowest BCUT2D eigenvalue weighted by Gasteiger charge is -2.38. The second-order valence-electron chi connectivity index (χ2n) is 6.82. The van der Waals surface area contributed by atoms with Crippen molar-refractivity contribution >= 4 is 29.5 Å². The minimum atomic E-state index is -0.494. The average molecular weight is 342 g/mol. The molecule has 2 heterocycles. The highest BCUT2D eigenvalue weighted by atomic mass is 35.5. The summed E-state index contributed by atoms with van der Waals surface area (Å²) in [5.41, 5.74) is 5.16. The first kappa shape index (κ1) is 17.6. The number of nitrogen functional groups attached to an aromatic ring is 1. The Labute approximate surface area is 141 Å². The molecule has 1 aliphatic rings. The van der Waals surface area contributed by atoms with Crippen molar-refractivity contribution in [2.24, 2.45) is 0 Å². The molecule has 3 N–H and O–H groups in total. The minimum Gasteiger partial charge on any atom is -0.444 e. The molecule has 23 heavy (non-hydrogen) atoms. The highest BCUT2D eigenvalue weighted by molar-refractivity contribution is 6.29. The molecule has 1 aliphatic heterocycles. The zero-order valence-corrected chi connectivity index (χ0v) is 14.7. The number of hydrogen-bond acceptors (Lipinski definition) is 6. The van der Waals surface area contributed by atoms with Gasteiger partial charge in [0.2, 0.25) is 5.95 Å². The van der Waals surface area contributed by atoms with Gasteiger partial charge in [0, 0.05) is 24.7 Å². The van der Waals surface area contributed by atoms with E-state index in [1.807, 2.05) is 20.8 Å². The topological polar surface area (TPSA) is 93.4 Å². The van der Waals surface area contributed by atoms with E-state index >= 15 is 0 Å². The number of halogens is 1. The highest BCUT2D eigenvalue weighted by Crippen LogP contribution is 2.25. The summed E-state index contributed by atoms with van der Waals surface area (Å²) in [6.07, 6.45) is 1.21. The largest absolute Gasteiger partial charge is 0.444 e. The molecule has 1 fully saturated rings. The molecular formula is C15H24ClN5O2. The second kappa shape index (κ2) is 6.78. The van der Waals surface area contributed by atoms with Crippen molar-refractivity contribution in [1.82, 2.24) is 15.3 Å². The number of amides is 1. The third-order valence-corrected chi connectivity index (χ3v) is 3.78. The van der Waals surface area contributed by atoms with Crippen molar-refractivity contribution in [3.63, 3.8) is 0 Å². The van der Waals surface area contributed by atoms with Crippen molar-refractivity contribution in [2.45, 2.75) is 58.2 Å². The van der Waals surface area contributed by atoms with E-state index in [1.54, 1.807) is 6.07 Å². The molecule has 0 spiro atoms.